The number of halogens is 2. The smallest absolute Gasteiger partial charge is 0.344 e. The van der Waals surface area contributed by atoms with Gasteiger partial charge in [0.15, 0.2) is 22.7 Å². The molecule has 72 heavy (non-hydrogen) atoms. The Hall–Kier alpha value is -5.92. The van der Waals surface area contributed by atoms with Crippen LogP contribution >= 0.6 is 31.9 Å². The quantitative estimate of drug-likeness (QED) is 0.0567. The standard InChI is InChI=1S/C60H66Br2N2O8/c1-35(2)69-55(65)49-31-41(59(9,10)11)32-50(56(66)70-36(3)4)53(49)63(47-27-19-43(61)20-28-47)45-23-15-39(16-24-45)40-17-25-46(26-18-40)64(48-29-21-44(62)22-30-48)54-51(57(67)71-37(5)6)33-42(60(12,13)14)34-52(54)58(68)72-38(7)8/h15-38H,1-14H3/q+2. The fraction of sp³-hybridized carbons (Fsp3) is 0.333. The molecule has 0 bridgehead atoms. The van der Waals surface area contributed by atoms with E-state index in [1.165, 1.54) is 0 Å². The molecule has 0 aliphatic rings. The van der Waals surface area contributed by atoms with Gasteiger partial charge in [-0.1, -0.05) is 83.2 Å². The summed E-state index contributed by atoms with van der Waals surface area (Å²) in [6, 6.07) is 38.3. The van der Waals surface area contributed by atoms with Gasteiger partial charge in [-0.05, 0) is 161 Å². The molecule has 12 heteroatoms. The van der Waals surface area contributed by atoms with Gasteiger partial charge in [0, 0.05) is 57.5 Å². The van der Waals surface area contributed by atoms with E-state index < -0.39 is 59.1 Å². The van der Waals surface area contributed by atoms with Crippen LogP contribution in [-0.4, -0.2) is 48.3 Å². The molecule has 0 saturated heterocycles. The molecule has 6 aromatic carbocycles. The molecule has 0 N–H and O–H groups in total. The topological polar surface area (TPSA) is 117 Å². The van der Waals surface area contributed by atoms with Crippen molar-refractivity contribution in [3.8, 4) is 11.1 Å². The van der Waals surface area contributed by atoms with Crippen LogP contribution < -0.4 is 9.80 Å². The summed E-state index contributed by atoms with van der Waals surface area (Å²) in [5.41, 5.74) is 6.66. The van der Waals surface area contributed by atoms with E-state index in [-0.39, 0.29) is 22.3 Å². The van der Waals surface area contributed by atoms with Crippen molar-refractivity contribution < 1.29 is 38.1 Å². The molecule has 2 radical (unpaired) electrons. The van der Waals surface area contributed by atoms with Crippen molar-refractivity contribution in [2.45, 2.75) is 132 Å². The number of hydrogen-bond donors (Lipinski definition) is 0. The first-order valence-electron chi connectivity index (χ1n) is 24.3. The van der Waals surface area contributed by atoms with Crippen molar-refractivity contribution in [1.82, 2.24) is 9.80 Å². The maximum absolute atomic E-state index is 14.3. The molecular formula is C60H66Br2N2O8+2. The number of carbonyl (C=O) groups excluding carboxylic acids is 4. The zero-order chi connectivity index (χ0) is 53.0. The Balaban J connectivity index is 1.55. The summed E-state index contributed by atoms with van der Waals surface area (Å²) in [6.07, 6.45) is -1.71. The summed E-state index contributed by atoms with van der Waals surface area (Å²) in [5.74, 6) is -2.28. The maximum Gasteiger partial charge on any atom is 0.344 e. The van der Waals surface area contributed by atoms with Gasteiger partial charge in [0.25, 0.3) is 0 Å². The largest absolute Gasteiger partial charge is 0.459 e. The Morgan fingerprint density at radius 2 is 0.583 bits per heavy atom. The molecule has 0 aliphatic carbocycles. The summed E-state index contributed by atoms with van der Waals surface area (Å²) in [7, 11) is 0. The van der Waals surface area contributed by atoms with E-state index in [0.717, 1.165) is 31.2 Å². The van der Waals surface area contributed by atoms with Gasteiger partial charge in [-0.15, -0.1) is 0 Å². The number of carbonyl (C=O) groups is 4. The molecule has 0 fully saturated rings. The number of anilines is 6. The molecule has 376 valence electrons. The zero-order valence-corrected chi connectivity index (χ0v) is 46.9. The average Bonchev–Trinajstić information content (AvgIpc) is 3.29. The summed E-state index contributed by atoms with van der Waals surface area (Å²) >= 11 is 7.16. The lowest BCUT2D eigenvalue weighted by Gasteiger charge is -2.24. The van der Waals surface area contributed by atoms with Crippen molar-refractivity contribution in [2.75, 3.05) is 0 Å². The summed E-state index contributed by atoms with van der Waals surface area (Å²) in [6.45, 7) is 26.5. The highest BCUT2D eigenvalue weighted by Crippen LogP contribution is 2.45. The Labute approximate surface area is 442 Å². The minimum Gasteiger partial charge on any atom is -0.459 e. The lowest BCUT2D eigenvalue weighted by molar-refractivity contribution is 0.0356. The van der Waals surface area contributed by atoms with Crippen LogP contribution in [0.4, 0.5) is 34.1 Å². The highest BCUT2D eigenvalue weighted by atomic mass is 79.9. The van der Waals surface area contributed by atoms with Crippen LogP contribution in [0, 0.1) is 0 Å². The molecule has 6 rings (SSSR count). The van der Waals surface area contributed by atoms with E-state index in [1.807, 2.05) is 173 Å². The molecule has 0 aliphatic heterocycles. The second-order valence-corrected chi connectivity index (χ2v) is 22.7. The number of ether oxygens (including phenoxy) is 4. The van der Waals surface area contributed by atoms with E-state index >= 15 is 0 Å². The highest BCUT2D eigenvalue weighted by Gasteiger charge is 2.41. The third kappa shape index (κ3) is 13.4. The van der Waals surface area contributed by atoms with E-state index in [0.29, 0.717) is 34.1 Å². The van der Waals surface area contributed by atoms with Crippen molar-refractivity contribution in [1.29, 1.82) is 0 Å². The first-order valence-corrected chi connectivity index (χ1v) is 25.8. The van der Waals surface area contributed by atoms with Crippen LogP contribution in [0.5, 0.6) is 0 Å². The van der Waals surface area contributed by atoms with Crippen molar-refractivity contribution >= 4 is 89.9 Å². The predicted octanol–water partition coefficient (Wildman–Crippen LogP) is 16.6. The van der Waals surface area contributed by atoms with E-state index in [1.54, 1.807) is 55.4 Å². The number of rotatable bonds is 15. The number of esters is 4. The first kappa shape index (κ1) is 55.4. The second-order valence-electron chi connectivity index (χ2n) is 20.9. The maximum atomic E-state index is 14.3. The van der Waals surface area contributed by atoms with Crippen LogP contribution in [0.25, 0.3) is 11.1 Å². The van der Waals surface area contributed by atoms with E-state index in [4.69, 9.17) is 18.9 Å². The molecule has 6 aromatic rings. The second kappa shape index (κ2) is 22.9. The monoisotopic (exact) mass is 1100 g/mol. The zero-order valence-electron chi connectivity index (χ0n) is 43.8. The molecule has 0 atom stereocenters. The van der Waals surface area contributed by atoms with Crippen molar-refractivity contribution in [2.24, 2.45) is 0 Å². The molecule has 0 aromatic heterocycles. The van der Waals surface area contributed by atoms with Crippen molar-refractivity contribution in [3.05, 3.63) is 164 Å². The number of hydrogen-bond acceptors (Lipinski definition) is 10. The molecule has 0 heterocycles. The molecule has 0 amide bonds. The Morgan fingerprint density at radius 3 is 0.778 bits per heavy atom. The van der Waals surface area contributed by atoms with Gasteiger partial charge in [0.1, 0.15) is 22.3 Å². The number of nitrogens with zero attached hydrogens (tertiary/aromatic N) is 2. The van der Waals surface area contributed by atoms with E-state index in [9.17, 15) is 19.2 Å². The predicted molar refractivity (Wildman–Crippen MR) is 295 cm³/mol. The normalized spacial score (nSPS) is 12.0. The minimum atomic E-state index is -0.571. The SMILES string of the molecule is CC(C)OC(=O)c1cc(C(C)(C)C)cc(C(=O)OC(C)C)c1[N+](c1ccc(Br)cc1)c1ccc(-c2ccc([N+](c3ccc(Br)cc3)c3c(C(=O)OC(C)C)cc(C(C)(C)C)cc3C(=O)OC(C)C)cc2)cc1. The van der Waals surface area contributed by atoms with Crippen LogP contribution in [0.1, 0.15) is 149 Å². The van der Waals surface area contributed by atoms with E-state index in [2.05, 4.69) is 31.9 Å². The van der Waals surface area contributed by atoms with Crippen LogP contribution in [0.3, 0.4) is 0 Å². The Morgan fingerprint density at radius 1 is 0.375 bits per heavy atom. The fourth-order valence-corrected chi connectivity index (χ4v) is 8.48. The summed E-state index contributed by atoms with van der Waals surface area (Å²) < 4.78 is 25.2. The summed E-state index contributed by atoms with van der Waals surface area (Å²) in [5, 5.41) is 0. The van der Waals surface area contributed by atoms with Crippen LogP contribution in [0.15, 0.2) is 130 Å². The van der Waals surface area contributed by atoms with Gasteiger partial charge in [0.2, 0.25) is 11.4 Å². The molecule has 10 nitrogen and oxygen atoms in total. The Kier molecular flexibility index (Phi) is 17.6. The third-order valence-electron chi connectivity index (χ3n) is 11.4. The van der Waals surface area contributed by atoms with Gasteiger partial charge >= 0.3 is 23.9 Å². The lowest BCUT2D eigenvalue weighted by atomic mass is 9.84. The van der Waals surface area contributed by atoms with Gasteiger partial charge in [-0.2, -0.15) is 0 Å². The number of benzene rings is 6. The van der Waals surface area contributed by atoms with Crippen LogP contribution in [0.2, 0.25) is 0 Å². The average molecular weight is 1100 g/mol. The van der Waals surface area contributed by atoms with Gasteiger partial charge < -0.3 is 18.9 Å². The highest BCUT2D eigenvalue weighted by molar-refractivity contribution is 9.10. The lowest BCUT2D eigenvalue weighted by Crippen LogP contribution is -2.25. The van der Waals surface area contributed by atoms with Crippen molar-refractivity contribution in [3.63, 3.8) is 0 Å². The molecule has 0 unspecified atom stereocenters. The van der Waals surface area contributed by atoms with Gasteiger partial charge in [-0.25, -0.2) is 19.2 Å². The molecular weight excluding hydrogens is 1040 g/mol. The summed E-state index contributed by atoms with van der Waals surface area (Å²) in [4.78, 5) is 60.9. The minimum absolute atomic E-state index is 0.221. The van der Waals surface area contributed by atoms with Gasteiger partial charge in [-0.3, -0.25) is 0 Å². The molecule has 0 saturated carbocycles. The Bertz CT molecular complexity index is 2630. The molecule has 0 spiro atoms. The van der Waals surface area contributed by atoms with Crippen LogP contribution in [-0.2, 0) is 29.8 Å². The fourth-order valence-electron chi connectivity index (χ4n) is 7.95. The van der Waals surface area contributed by atoms with Gasteiger partial charge in [0.05, 0.1) is 24.4 Å². The third-order valence-corrected chi connectivity index (χ3v) is 12.5. The first-order chi connectivity index (χ1) is 33.7.